The molecule has 1 saturated heterocycles. The molecule has 21 heavy (non-hydrogen) atoms. The fourth-order valence-electron chi connectivity index (χ4n) is 3.92. The van der Waals surface area contributed by atoms with Gasteiger partial charge in [0, 0.05) is 18.5 Å². The van der Waals surface area contributed by atoms with E-state index in [0.717, 1.165) is 25.2 Å². The standard InChI is InChI=1S/C18H28N2O/c1-2-15-7-8-17-16(13-15)18(14-19,9-12-21-17)20-10-5-3-4-6-11-20/h7-8,13H,2-6,9-12,14,19H2,1H3. The summed E-state index contributed by atoms with van der Waals surface area (Å²) in [5.41, 5.74) is 9.03. The highest BCUT2D eigenvalue weighted by molar-refractivity contribution is 5.44. The number of rotatable bonds is 3. The average Bonchev–Trinajstić information content (AvgIpc) is 2.83. The topological polar surface area (TPSA) is 38.5 Å². The van der Waals surface area contributed by atoms with Crippen molar-refractivity contribution in [3.05, 3.63) is 29.3 Å². The lowest BCUT2D eigenvalue weighted by molar-refractivity contribution is 0.0512. The second-order valence-electron chi connectivity index (χ2n) is 6.42. The van der Waals surface area contributed by atoms with E-state index in [1.165, 1.54) is 49.9 Å². The van der Waals surface area contributed by atoms with Gasteiger partial charge in [0.05, 0.1) is 12.1 Å². The number of hydrogen-bond donors (Lipinski definition) is 1. The molecule has 3 nitrogen and oxygen atoms in total. The van der Waals surface area contributed by atoms with Crippen molar-refractivity contribution in [2.24, 2.45) is 5.73 Å². The summed E-state index contributed by atoms with van der Waals surface area (Å²) in [5.74, 6) is 1.05. The molecule has 0 aliphatic carbocycles. The zero-order valence-electron chi connectivity index (χ0n) is 13.2. The minimum Gasteiger partial charge on any atom is -0.493 e. The fourth-order valence-corrected chi connectivity index (χ4v) is 3.92. The first kappa shape index (κ1) is 14.9. The van der Waals surface area contributed by atoms with Crippen molar-refractivity contribution in [2.75, 3.05) is 26.2 Å². The maximum absolute atomic E-state index is 6.33. The van der Waals surface area contributed by atoms with Crippen LogP contribution in [0.1, 0.15) is 50.2 Å². The van der Waals surface area contributed by atoms with Crippen LogP contribution in [-0.4, -0.2) is 31.1 Å². The summed E-state index contributed by atoms with van der Waals surface area (Å²) < 4.78 is 5.92. The molecule has 3 rings (SSSR count). The number of nitrogens with zero attached hydrogens (tertiary/aromatic N) is 1. The molecule has 3 heteroatoms. The van der Waals surface area contributed by atoms with Crippen LogP contribution in [0.2, 0.25) is 0 Å². The molecule has 1 aromatic rings. The third-order valence-corrected chi connectivity index (χ3v) is 5.28. The van der Waals surface area contributed by atoms with Gasteiger partial charge >= 0.3 is 0 Å². The Labute approximate surface area is 128 Å². The average molecular weight is 288 g/mol. The van der Waals surface area contributed by atoms with Crippen LogP contribution in [0.5, 0.6) is 5.75 Å². The van der Waals surface area contributed by atoms with Crippen molar-refractivity contribution in [2.45, 2.75) is 51.0 Å². The molecule has 1 aromatic carbocycles. The Balaban J connectivity index is 2.02. The van der Waals surface area contributed by atoms with E-state index in [0.29, 0.717) is 6.54 Å². The highest BCUT2D eigenvalue weighted by atomic mass is 16.5. The Morgan fingerprint density at radius 1 is 1.19 bits per heavy atom. The van der Waals surface area contributed by atoms with Gasteiger partial charge < -0.3 is 10.5 Å². The zero-order chi connectivity index (χ0) is 14.7. The van der Waals surface area contributed by atoms with Gasteiger partial charge in [-0.1, -0.05) is 31.9 Å². The summed E-state index contributed by atoms with van der Waals surface area (Å²) in [7, 11) is 0. The number of likely N-dealkylation sites (tertiary alicyclic amines) is 1. The predicted octanol–water partition coefficient (Wildman–Crippen LogP) is 3.06. The molecule has 1 fully saturated rings. The van der Waals surface area contributed by atoms with Crippen LogP contribution in [-0.2, 0) is 12.0 Å². The Morgan fingerprint density at radius 3 is 2.62 bits per heavy atom. The van der Waals surface area contributed by atoms with Crippen LogP contribution in [0.3, 0.4) is 0 Å². The quantitative estimate of drug-likeness (QED) is 0.929. The van der Waals surface area contributed by atoms with Crippen molar-refractivity contribution in [3.8, 4) is 5.75 Å². The molecular formula is C18H28N2O. The second-order valence-corrected chi connectivity index (χ2v) is 6.42. The van der Waals surface area contributed by atoms with Crippen molar-refractivity contribution >= 4 is 0 Å². The molecule has 0 radical (unpaired) electrons. The normalized spacial score (nSPS) is 26.8. The van der Waals surface area contributed by atoms with Gasteiger partial charge in [-0.2, -0.15) is 0 Å². The van der Waals surface area contributed by atoms with Gasteiger partial charge in [0.1, 0.15) is 5.75 Å². The summed E-state index contributed by atoms with van der Waals surface area (Å²) in [6, 6.07) is 6.68. The van der Waals surface area contributed by atoms with Crippen molar-refractivity contribution in [3.63, 3.8) is 0 Å². The second kappa shape index (κ2) is 6.37. The summed E-state index contributed by atoms with van der Waals surface area (Å²) in [5, 5.41) is 0. The minimum atomic E-state index is -0.0108. The maximum Gasteiger partial charge on any atom is 0.124 e. The van der Waals surface area contributed by atoms with E-state index < -0.39 is 0 Å². The van der Waals surface area contributed by atoms with E-state index in [4.69, 9.17) is 10.5 Å². The molecule has 0 aromatic heterocycles. The third kappa shape index (κ3) is 2.69. The van der Waals surface area contributed by atoms with Crippen molar-refractivity contribution in [1.29, 1.82) is 0 Å². The number of fused-ring (bicyclic) bond motifs is 1. The molecule has 0 amide bonds. The lowest BCUT2D eigenvalue weighted by Crippen LogP contribution is -2.54. The first-order valence-corrected chi connectivity index (χ1v) is 8.51. The molecule has 2 aliphatic rings. The molecular weight excluding hydrogens is 260 g/mol. The largest absolute Gasteiger partial charge is 0.493 e. The molecule has 0 saturated carbocycles. The van der Waals surface area contributed by atoms with E-state index in [9.17, 15) is 0 Å². The van der Waals surface area contributed by atoms with Crippen LogP contribution in [0.15, 0.2) is 18.2 Å². The predicted molar refractivity (Wildman–Crippen MR) is 86.7 cm³/mol. The minimum absolute atomic E-state index is 0.0108. The summed E-state index contributed by atoms with van der Waals surface area (Å²) in [6.07, 6.45) is 7.39. The molecule has 2 aliphatic heterocycles. The Bertz CT molecular complexity index is 480. The van der Waals surface area contributed by atoms with E-state index in [2.05, 4.69) is 30.0 Å². The number of nitrogens with two attached hydrogens (primary N) is 1. The molecule has 1 unspecified atom stereocenters. The van der Waals surface area contributed by atoms with Gasteiger partial charge in [0.25, 0.3) is 0 Å². The van der Waals surface area contributed by atoms with Crippen LogP contribution in [0.4, 0.5) is 0 Å². The van der Waals surface area contributed by atoms with E-state index >= 15 is 0 Å². The van der Waals surface area contributed by atoms with Gasteiger partial charge in [-0.05, 0) is 44.0 Å². The molecule has 1 atom stereocenters. The van der Waals surface area contributed by atoms with Crippen LogP contribution in [0.25, 0.3) is 0 Å². The van der Waals surface area contributed by atoms with Crippen LogP contribution in [0, 0.1) is 0 Å². The van der Waals surface area contributed by atoms with Crippen LogP contribution >= 0.6 is 0 Å². The summed E-state index contributed by atoms with van der Waals surface area (Å²) >= 11 is 0. The first-order valence-electron chi connectivity index (χ1n) is 8.51. The van der Waals surface area contributed by atoms with Gasteiger partial charge in [-0.15, -0.1) is 0 Å². The number of aryl methyl sites for hydroxylation is 1. The SMILES string of the molecule is CCc1ccc2c(c1)C(CN)(N1CCCCCC1)CCO2. The number of hydrogen-bond acceptors (Lipinski definition) is 3. The fraction of sp³-hybridized carbons (Fsp3) is 0.667. The van der Waals surface area contributed by atoms with Gasteiger partial charge in [-0.3, -0.25) is 4.90 Å². The third-order valence-electron chi connectivity index (χ3n) is 5.28. The van der Waals surface area contributed by atoms with Gasteiger partial charge in [0.15, 0.2) is 0 Å². The Hall–Kier alpha value is -1.06. The monoisotopic (exact) mass is 288 g/mol. The highest BCUT2D eigenvalue weighted by Gasteiger charge is 2.41. The first-order chi connectivity index (χ1) is 10.3. The van der Waals surface area contributed by atoms with Crippen molar-refractivity contribution in [1.82, 2.24) is 4.90 Å². The summed E-state index contributed by atoms with van der Waals surface area (Å²) in [6.45, 7) is 6.03. The van der Waals surface area contributed by atoms with E-state index in [1.54, 1.807) is 0 Å². The molecule has 0 spiro atoms. The van der Waals surface area contributed by atoms with Crippen molar-refractivity contribution < 1.29 is 4.74 Å². The summed E-state index contributed by atoms with van der Waals surface area (Å²) in [4.78, 5) is 2.65. The van der Waals surface area contributed by atoms with Gasteiger partial charge in [0.2, 0.25) is 0 Å². The van der Waals surface area contributed by atoms with Crippen LogP contribution < -0.4 is 10.5 Å². The Morgan fingerprint density at radius 2 is 1.95 bits per heavy atom. The lowest BCUT2D eigenvalue weighted by Gasteiger charge is -2.46. The number of benzene rings is 1. The number of ether oxygens (including phenoxy) is 1. The molecule has 2 N–H and O–H groups in total. The van der Waals surface area contributed by atoms with Gasteiger partial charge in [-0.25, -0.2) is 0 Å². The maximum atomic E-state index is 6.33. The zero-order valence-corrected chi connectivity index (χ0v) is 13.2. The molecule has 0 bridgehead atoms. The molecule has 116 valence electrons. The Kier molecular flexibility index (Phi) is 4.51. The van der Waals surface area contributed by atoms with E-state index in [-0.39, 0.29) is 5.54 Å². The highest BCUT2D eigenvalue weighted by Crippen LogP contribution is 2.42. The van der Waals surface area contributed by atoms with E-state index in [1.807, 2.05) is 0 Å². The molecule has 2 heterocycles. The lowest BCUT2D eigenvalue weighted by atomic mass is 9.81. The smallest absolute Gasteiger partial charge is 0.124 e.